The van der Waals surface area contributed by atoms with Crippen molar-refractivity contribution >= 4 is 11.8 Å². The molecule has 132 valence electrons. The van der Waals surface area contributed by atoms with Gasteiger partial charge in [-0.3, -0.25) is 14.5 Å². The van der Waals surface area contributed by atoms with Crippen molar-refractivity contribution < 1.29 is 18.7 Å². The molecule has 0 aromatic heterocycles. The van der Waals surface area contributed by atoms with Gasteiger partial charge < -0.3 is 15.4 Å². The Bertz CT molecular complexity index is 607. The SMILES string of the molecule is COc1ccc(CN2CCNC(=O)C2CC(=O)NC(C)C)c(F)c1. The van der Waals surface area contributed by atoms with Gasteiger partial charge in [0, 0.05) is 37.3 Å². The Morgan fingerprint density at radius 3 is 2.88 bits per heavy atom. The molecule has 1 heterocycles. The zero-order valence-electron chi connectivity index (χ0n) is 14.3. The van der Waals surface area contributed by atoms with Crippen molar-refractivity contribution in [3.05, 3.63) is 29.6 Å². The molecule has 1 aliphatic rings. The summed E-state index contributed by atoms with van der Waals surface area (Å²) in [5, 5.41) is 5.55. The third kappa shape index (κ3) is 4.67. The van der Waals surface area contributed by atoms with Crippen molar-refractivity contribution in [2.24, 2.45) is 0 Å². The van der Waals surface area contributed by atoms with E-state index in [2.05, 4.69) is 10.6 Å². The van der Waals surface area contributed by atoms with Crippen LogP contribution in [0.2, 0.25) is 0 Å². The third-order valence-electron chi connectivity index (χ3n) is 3.90. The number of piperazine rings is 1. The summed E-state index contributed by atoms with van der Waals surface area (Å²) in [6.45, 7) is 5.05. The minimum absolute atomic E-state index is 0.0108. The molecule has 0 saturated carbocycles. The average Bonchev–Trinajstić information content (AvgIpc) is 2.51. The Morgan fingerprint density at radius 1 is 1.50 bits per heavy atom. The summed E-state index contributed by atoms with van der Waals surface area (Å²) >= 11 is 0. The lowest BCUT2D eigenvalue weighted by Crippen LogP contribution is -2.56. The first-order valence-corrected chi connectivity index (χ1v) is 8.04. The first-order valence-electron chi connectivity index (χ1n) is 8.04. The van der Waals surface area contributed by atoms with E-state index in [-0.39, 0.29) is 36.6 Å². The van der Waals surface area contributed by atoms with E-state index in [9.17, 15) is 14.0 Å². The summed E-state index contributed by atoms with van der Waals surface area (Å²) in [5.74, 6) is -0.326. The first-order chi connectivity index (χ1) is 11.4. The maximum atomic E-state index is 14.2. The number of carbonyl (C=O) groups excluding carboxylic acids is 2. The van der Waals surface area contributed by atoms with Gasteiger partial charge in [0.15, 0.2) is 0 Å². The molecule has 2 amide bonds. The summed E-state index contributed by atoms with van der Waals surface area (Å²) < 4.78 is 19.2. The van der Waals surface area contributed by atoms with E-state index < -0.39 is 6.04 Å². The number of amides is 2. The van der Waals surface area contributed by atoms with Crippen LogP contribution in [0, 0.1) is 5.82 Å². The second kappa shape index (κ2) is 8.10. The van der Waals surface area contributed by atoms with Crippen LogP contribution in [0.15, 0.2) is 18.2 Å². The zero-order chi connectivity index (χ0) is 17.7. The highest BCUT2D eigenvalue weighted by Gasteiger charge is 2.32. The first kappa shape index (κ1) is 18.2. The number of methoxy groups -OCH3 is 1. The number of rotatable bonds is 6. The molecule has 7 heteroatoms. The monoisotopic (exact) mass is 337 g/mol. The molecule has 1 atom stereocenters. The Morgan fingerprint density at radius 2 is 2.25 bits per heavy atom. The van der Waals surface area contributed by atoms with Gasteiger partial charge in [-0.25, -0.2) is 4.39 Å². The van der Waals surface area contributed by atoms with Gasteiger partial charge in [0.2, 0.25) is 11.8 Å². The molecular weight excluding hydrogens is 313 g/mol. The molecule has 0 aliphatic carbocycles. The zero-order valence-corrected chi connectivity index (χ0v) is 14.3. The van der Waals surface area contributed by atoms with Gasteiger partial charge in [-0.05, 0) is 19.9 Å². The Balaban J connectivity index is 2.10. The lowest BCUT2D eigenvalue weighted by atomic mass is 10.1. The van der Waals surface area contributed by atoms with Crippen molar-refractivity contribution in [3.8, 4) is 5.75 Å². The number of nitrogens with zero attached hydrogens (tertiary/aromatic N) is 1. The summed E-state index contributed by atoms with van der Waals surface area (Å²) in [5.41, 5.74) is 0.472. The quantitative estimate of drug-likeness (QED) is 0.814. The molecule has 0 spiro atoms. The van der Waals surface area contributed by atoms with E-state index in [1.807, 2.05) is 18.7 Å². The summed E-state index contributed by atoms with van der Waals surface area (Å²) in [6, 6.07) is 4.06. The van der Waals surface area contributed by atoms with Crippen molar-refractivity contribution in [1.29, 1.82) is 0 Å². The van der Waals surface area contributed by atoms with Crippen LogP contribution >= 0.6 is 0 Å². The van der Waals surface area contributed by atoms with Gasteiger partial charge in [-0.1, -0.05) is 6.07 Å². The van der Waals surface area contributed by atoms with E-state index in [0.29, 0.717) is 24.4 Å². The van der Waals surface area contributed by atoms with Gasteiger partial charge in [0.05, 0.1) is 19.6 Å². The lowest BCUT2D eigenvalue weighted by Gasteiger charge is -2.34. The number of carbonyl (C=O) groups is 2. The molecule has 6 nitrogen and oxygen atoms in total. The lowest BCUT2D eigenvalue weighted by molar-refractivity contribution is -0.134. The molecule has 1 fully saturated rings. The highest BCUT2D eigenvalue weighted by Crippen LogP contribution is 2.20. The Kier molecular flexibility index (Phi) is 6.14. The smallest absolute Gasteiger partial charge is 0.237 e. The molecule has 0 radical (unpaired) electrons. The highest BCUT2D eigenvalue weighted by atomic mass is 19.1. The number of ether oxygens (including phenoxy) is 1. The fourth-order valence-corrected chi connectivity index (χ4v) is 2.73. The van der Waals surface area contributed by atoms with Crippen molar-refractivity contribution in [3.63, 3.8) is 0 Å². The number of hydrogen-bond acceptors (Lipinski definition) is 4. The molecule has 1 aromatic rings. The Hall–Kier alpha value is -2.15. The summed E-state index contributed by atoms with van der Waals surface area (Å²) in [4.78, 5) is 26.0. The van der Waals surface area contributed by atoms with E-state index in [1.54, 1.807) is 12.1 Å². The van der Waals surface area contributed by atoms with E-state index in [0.717, 1.165) is 0 Å². The van der Waals surface area contributed by atoms with Crippen LogP contribution in [0.4, 0.5) is 4.39 Å². The van der Waals surface area contributed by atoms with E-state index in [1.165, 1.54) is 13.2 Å². The van der Waals surface area contributed by atoms with Crippen molar-refractivity contribution in [2.75, 3.05) is 20.2 Å². The summed E-state index contributed by atoms with van der Waals surface area (Å²) in [7, 11) is 1.48. The predicted molar refractivity (Wildman–Crippen MR) is 88.1 cm³/mol. The van der Waals surface area contributed by atoms with Crippen LogP contribution in [0.3, 0.4) is 0 Å². The van der Waals surface area contributed by atoms with Crippen LogP contribution < -0.4 is 15.4 Å². The molecule has 2 rings (SSSR count). The van der Waals surface area contributed by atoms with Gasteiger partial charge in [0.25, 0.3) is 0 Å². The van der Waals surface area contributed by atoms with Crippen LogP contribution in [0.1, 0.15) is 25.8 Å². The summed E-state index contributed by atoms with van der Waals surface area (Å²) in [6.07, 6.45) is 0.0573. The highest BCUT2D eigenvalue weighted by molar-refractivity contribution is 5.88. The van der Waals surface area contributed by atoms with Gasteiger partial charge >= 0.3 is 0 Å². The van der Waals surface area contributed by atoms with Crippen molar-refractivity contribution in [1.82, 2.24) is 15.5 Å². The fraction of sp³-hybridized carbons (Fsp3) is 0.529. The Labute approximate surface area is 141 Å². The second-order valence-electron chi connectivity index (χ2n) is 6.16. The topological polar surface area (TPSA) is 70.7 Å². The van der Waals surface area contributed by atoms with E-state index in [4.69, 9.17) is 4.74 Å². The largest absolute Gasteiger partial charge is 0.497 e. The number of nitrogens with one attached hydrogen (secondary N) is 2. The molecule has 1 unspecified atom stereocenters. The van der Waals surface area contributed by atoms with Gasteiger partial charge in [-0.2, -0.15) is 0 Å². The predicted octanol–water partition coefficient (Wildman–Crippen LogP) is 1.05. The third-order valence-corrected chi connectivity index (χ3v) is 3.90. The van der Waals surface area contributed by atoms with E-state index >= 15 is 0 Å². The van der Waals surface area contributed by atoms with Crippen LogP contribution in [-0.2, 0) is 16.1 Å². The minimum Gasteiger partial charge on any atom is -0.497 e. The van der Waals surface area contributed by atoms with Gasteiger partial charge in [-0.15, -0.1) is 0 Å². The van der Waals surface area contributed by atoms with Crippen LogP contribution in [0.5, 0.6) is 5.75 Å². The second-order valence-corrected chi connectivity index (χ2v) is 6.16. The maximum absolute atomic E-state index is 14.2. The van der Waals surface area contributed by atoms with Crippen LogP contribution in [-0.4, -0.2) is 49.0 Å². The minimum atomic E-state index is -0.598. The fourth-order valence-electron chi connectivity index (χ4n) is 2.73. The van der Waals surface area contributed by atoms with Gasteiger partial charge in [0.1, 0.15) is 11.6 Å². The number of hydrogen-bond donors (Lipinski definition) is 2. The maximum Gasteiger partial charge on any atom is 0.237 e. The number of benzene rings is 1. The van der Waals surface area contributed by atoms with Crippen molar-refractivity contribution in [2.45, 2.75) is 38.9 Å². The molecule has 0 bridgehead atoms. The normalized spacial score (nSPS) is 18.4. The molecule has 1 saturated heterocycles. The van der Waals surface area contributed by atoms with Crippen LogP contribution in [0.25, 0.3) is 0 Å². The molecular formula is C17H24FN3O3. The number of halogens is 1. The molecule has 2 N–H and O–H groups in total. The average molecular weight is 337 g/mol. The standard InChI is InChI=1S/C17H24FN3O3/c1-11(2)20-16(22)9-15-17(23)19-6-7-21(15)10-12-4-5-13(24-3)8-14(12)18/h4-5,8,11,15H,6-7,9-10H2,1-3H3,(H,19,23)(H,20,22). The molecule has 1 aliphatic heterocycles. The molecule has 24 heavy (non-hydrogen) atoms. The molecule has 1 aromatic carbocycles.